The van der Waals surface area contributed by atoms with Crippen molar-refractivity contribution in [1.29, 1.82) is 0 Å². The van der Waals surface area contributed by atoms with Crippen molar-refractivity contribution >= 4 is 17.7 Å². The lowest BCUT2D eigenvalue weighted by Gasteiger charge is -2.14. The van der Waals surface area contributed by atoms with Crippen LogP contribution in [-0.4, -0.2) is 45.7 Å². The van der Waals surface area contributed by atoms with Crippen molar-refractivity contribution in [3.63, 3.8) is 0 Å². The smallest absolute Gasteiger partial charge is 0.321 e. The fourth-order valence-electron chi connectivity index (χ4n) is 0.850. The summed E-state index contributed by atoms with van der Waals surface area (Å²) >= 11 is 0. The fourth-order valence-corrected chi connectivity index (χ4v) is 0.850. The van der Waals surface area contributed by atoms with Gasteiger partial charge in [-0.25, -0.2) is 0 Å². The summed E-state index contributed by atoms with van der Waals surface area (Å²) in [5.74, 6) is -5.23. The zero-order valence-electron chi connectivity index (χ0n) is 7.21. The highest BCUT2D eigenvalue weighted by Crippen LogP contribution is 2.08. The average molecular weight is 205 g/mol. The van der Waals surface area contributed by atoms with Crippen LogP contribution < -0.4 is 5.73 Å². The SMILES string of the molecule is NC(C(=O)O)[C@H](CC(=O)CO)C(=O)O. The molecule has 0 aliphatic rings. The number of ketones is 1. The van der Waals surface area contributed by atoms with Crippen molar-refractivity contribution in [3.8, 4) is 0 Å². The lowest BCUT2D eigenvalue weighted by molar-refractivity contribution is -0.151. The number of nitrogens with two attached hydrogens (primary N) is 1. The van der Waals surface area contributed by atoms with E-state index in [0.29, 0.717) is 0 Å². The molecule has 0 aliphatic carbocycles. The highest BCUT2D eigenvalue weighted by molar-refractivity contribution is 5.88. The van der Waals surface area contributed by atoms with Crippen LogP contribution in [0.1, 0.15) is 6.42 Å². The summed E-state index contributed by atoms with van der Waals surface area (Å²) in [6, 6.07) is -1.65. The lowest BCUT2D eigenvalue weighted by Crippen LogP contribution is -2.43. The molecule has 14 heavy (non-hydrogen) atoms. The summed E-state index contributed by atoms with van der Waals surface area (Å²) in [5, 5.41) is 25.3. The van der Waals surface area contributed by atoms with Gasteiger partial charge in [0.2, 0.25) is 0 Å². The normalized spacial score (nSPS) is 14.4. The van der Waals surface area contributed by atoms with E-state index in [1.54, 1.807) is 0 Å². The highest BCUT2D eigenvalue weighted by Gasteiger charge is 2.32. The Labute approximate surface area is 79.1 Å². The van der Waals surface area contributed by atoms with Gasteiger partial charge in [-0.15, -0.1) is 0 Å². The second kappa shape index (κ2) is 5.30. The Hall–Kier alpha value is -1.47. The molecule has 80 valence electrons. The molecule has 0 spiro atoms. The summed E-state index contributed by atoms with van der Waals surface area (Å²) in [4.78, 5) is 31.6. The van der Waals surface area contributed by atoms with E-state index in [0.717, 1.165) is 0 Å². The molecule has 1 unspecified atom stereocenters. The van der Waals surface area contributed by atoms with E-state index in [9.17, 15) is 14.4 Å². The van der Waals surface area contributed by atoms with Crippen LogP contribution in [0.4, 0.5) is 0 Å². The molecule has 0 aromatic rings. The van der Waals surface area contributed by atoms with Crippen LogP contribution in [0, 0.1) is 5.92 Å². The largest absolute Gasteiger partial charge is 0.481 e. The highest BCUT2D eigenvalue weighted by atomic mass is 16.4. The maximum absolute atomic E-state index is 10.7. The molecule has 0 aliphatic heterocycles. The maximum Gasteiger partial charge on any atom is 0.321 e. The van der Waals surface area contributed by atoms with Crippen molar-refractivity contribution in [1.82, 2.24) is 0 Å². The van der Waals surface area contributed by atoms with E-state index < -0.39 is 42.7 Å². The van der Waals surface area contributed by atoms with Gasteiger partial charge in [-0.1, -0.05) is 0 Å². The first kappa shape index (κ1) is 12.5. The zero-order valence-corrected chi connectivity index (χ0v) is 7.21. The van der Waals surface area contributed by atoms with E-state index in [-0.39, 0.29) is 0 Å². The van der Waals surface area contributed by atoms with Gasteiger partial charge in [0, 0.05) is 6.42 Å². The predicted octanol–water partition coefficient (Wildman–Crippen LogP) is -1.95. The van der Waals surface area contributed by atoms with Crippen molar-refractivity contribution in [3.05, 3.63) is 0 Å². The second-order valence-corrected chi connectivity index (χ2v) is 2.71. The Bertz CT molecular complexity index is 251. The number of hydrogen-bond acceptors (Lipinski definition) is 5. The van der Waals surface area contributed by atoms with Crippen LogP contribution in [0.3, 0.4) is 0 Å². The summed E-state index contributed by atoms with van der Waals surface area (Å²) in [5.41, 5.74) is 5.05. The molecule has 0 fully saturated rings. The number of carboxylic acids is 2. The third-order valence-corrected chi connectivity index (χ3v) is 1.66. The monoisotopic (exact) mass is 205 g/mol. The van der Waals surface area contributed by atoms with Crippen LogP contribution in [0.15, 0.2) is 0 Å². The zero-order chi connectivity index (χ0) is 11.3. The van der Waals surface area contributed by atoms with Gasteiger partial charge in [0.25, 0.3) is 0 Å². The second-order valence-electron chi connectivity index (χ2n) is 2.71. The Balaban J connectivity index is 4.52. The number of carboxylic acid groups (broad SMARTS) is 2. The molecule has 0 aromatic heterocycles. The van der Waals surface area contributed by atoms with Gasteiger partial charge in [-0.2, -0.15) is 0 Å². The molecular formula is C7H11NO6. The van der Waals surface area contributed by atoms with Gasteiger partial charge in [0.15, 0.2) is 5.78 Å². The van der Waals surface area contributed by atoms with Gasteiger partial charge in [-0.05, 0) is 0 Å². The fraction of sp³-hybridized carbons (Fsp3) is 0.571. The quantitative estimate of drug-likeness (QED) is 0.395. The van der Waals surface area contributed by atoms with E-state index in [2.05, 4.69) is 0 Å². The van der Waals surface area contributed by atoms with Crippen molar-refractivity contribution < 1.29 is 29.7 Å². The number of rotatable bonds is 6. The number of aliphatic hydroxyl groups excluding tert-OH is 1. The van der Waals surface area contributed by atoms with Crippen molar-refractivity contribution in [2.75, 3.05) is 6.61 Å². The molecule has 0 rings (SSSR count). The minimum Gasteiger partial charge on any atom is -0.481 e. The van der Waals surface area contributed by atoms with Gasteiger partial charge >= 0.3 is 11.9 Å². The van der Waals surface area contributed by atoms with Gasteiger partial charge in [0.05, 0.1) is 5.92 Å². The third kappa shape index (κ3) is 3.50. The molecule has 0 aromatic carbocycles. The molecule has 2 atom stereocenters. The minimum atomic E-state index is -1.65. The standard InChI is InChI=1S/C7H11NO6/c8-5(7(13)14)4(6(11)12)1-3(10)2-9/h4-5,9H,1-2,8H2,(H,11,12)(H,13,14)/t4-,5?/m0/s1. The molecule has 0 saturated carbocycles. The van der Waals surface area contributed by atoms with Crippen molar-refractivity contribution in [2.45, 2.75) is 12.5 Å². The van der Waals surface area contributed by atoms with Gasteiger partial charge < -0.3 is 21.1 Å². The van der Waals surface area contributed by atoms with Crippen molar-refractivity contribution in [2.24, 2.45) is 11.7 Å². The topological polar surface area (TPSA) is 138 Å². The van der Waals surface area contributed by atoms with E-state index in [4.69, 9.17) is 21.1 Å². The molecule has 0 amide bonds. The van der Waals surface area contributed by atoms with E-state index in [1.165, 1.54) is 0 Å². The Morgan fingerprint density at radius 3 is 1.93 bits per heavy atom. The van der Waals surface area contributed by atoms with E-state index in [1.807, 2.05) is 0 Å². The predicted molar refractivity (Wildman–Crippen MR) is 43.4 cm³/mol. The molecule has 0 saturated heterocycles. The molecular weight excluding hydrogens is 194 g/mol. The Morgan fingerprint density at radius 1 is 1.14 bits per heavy atom. The first-order valence-electron chi connectivity index (χ1n) is 3.74. The number of carbonyl (C=O) groups excluding carboxylic acids is 1. The lowest BCUT2D eigenvalue weighted by atomic mass is 9.95. The molecule has 7 nitrogen and oxygen atoms in total. The summed E-state index contributed by atoms with van der Waals surface area (Å²) in [6.45, 7) is -0.823. The van der Waals surface area contributed by atoms with Gasteiger partial charge in [0.1, 0.15) is 12.6 Å². The number of Topliss-reactive ketones (excluding diaryl/α,β-unsaturated/α-hetero) is 1. The first-order chi connectivity index (χ1) is 6.40. The number of hydrogen-bond donors (Lipinski definition) is 4. The summed E-state index contributed by atoms with van der Waals surface area (Å²) in [7, 11) is 0. The summed E-state index contributed by atoms with van der Waals surface area (Å²) < 4.78 is 0. The van der Waals surface area contributed by atoms with E-state index >= 15 is 0 Å². The molecule has 5 N–H and O–H groups in total. The average Bonchev–Trinajstić information content (AvgIpc) is 2.11. The first-order valence-corrected chi connectivity index (χ1v) is 3.74. The van der Waals surface area contributed by atoms with Crippen LogP contribution in [0.2, 0.25) is 0 Å². The van der Waals surface area contributed by atoms with Crippen LogP contribution in [0.5, 0.6) is 0 Å². The molecule has 7 heteroatoms. The number of aliphatic carboxylic acids is 2. The molecule has 0 bridgehead atoms. The Kier molecular flexibility index (Phi) is 4.74. The van der Waals surface area contributed by atoms with Crippen LogP contribution in [-0.2, 0) is 14.4 Å². The Morgan fingerprint density at radius 2 is 1.64 bits per heavy atom. The number of carbonyl (C=O) groups is 3. The number of aliphatic hydroxyl groups is 1. The van der Waals surface area contributed by atoms with Crippen LogP contribution in [0.25, 0.3) is 0 Å². The minimum absolute atomic E-state index is 0.584. The third-order valence-electron chi connectivity index (χ3n) is 1.66. The molecule has 0 heterocycles. The summed E-state index contributed by atoms with van der Waals surface area (Å²) in [6.07, 6.45) is -0.584. The maximum atomic E-state index is 10.7. The molecule has 0 radical (unpaired) electrons. The van der Waals surface area contributed by atoms with Crippen LogP contribution >= 0.6 is 0 Å². The van der Waals surface area contributed by atoms with Gasteiger partial charge in [-0.3, -0.25) is 14.4 Å².